The summed E-state index contributed by atoms with van der Waals surface area (Å²) in [7, 11) is 0. The molecular weight excluding hydrogens is 398 g/mol. The summed E-state index contributed by atoms with van der Waals surface area (Å²) in [6.45, 7) is 5.39. The van der Waals surface area contributed by atoms with Gasteiger partial charge in [-0.3, -0.25) is 14.7 Å². The molecule has 1 amide bonds. The summed E-state index contributed by atoms with van der Waals surface area (Å²) in [5.74, 6) is 1.30. The molecule has 7 nitrogen and oxygen atoms in total. The Kier molecular flexibility index (Phi) is 5.02. The highest BCUT2D eigenvalue weighted by molar-refractivity contribution is 7.13. The molecule has 1 saturated heterocycles. The third-order valence-corrected chi connectivity index (χ3v) is 6.17. The lowest BCUT2D eigenvalue weighted by Crippen LogP contribution is -2.48. The van der Waals surface area contributed by atoms with Gasteiger partial charge in [-0.1, -0.05) is 29.4 Å². The highest BCUT2D eigenvalue weighted by Crippen LogP contribution is 2.23. The highest BCUT2D eigenvalue weighted by Gasteiger charge is 2.25. The first kappa shape index (κ1) is 18.9. The van der Waals surface area contributed by atoms with Crippen LogP contribution in [0.25, 0.3) is 21.6 Å². The van der Waals surface area contributed by atoms with Crippen LogP contribution >= 0.6 is 11.3 Å². The van der Waals surface area contributed by atoms with E-state index in [1.165, 1.54) is 0 Å². The fourth-order valence-corrected chi connectivity index (χ4v) is 4.43. The van der Waals surface area contributed by atoms with Crippen LogP contribution in [-0.4, -0.2) is 57.0 Å². The molecule has 3 aromatic heterocycles. The summed E-state index contributed by atoms with van der Waals surface area (Å²) < 4.78 is 5.41. The number of hydrogen-bond acceptors (Lipinski definition) is 7. The first-order valence-corrected chi connectivity index (χ1v) is 10.8. The third-order valence-electron chi connectivity index (χ3n) is 5.30. The smallest absolute Gasteiger partial charge is 0.254 e. The Bertz CT molecular complexity index is 1180. The molecule has 1 fully saturated rings. The Morgan fingerprint density at radius 1 is 1.10 bits per heavy atom. The number of rotatable bonds is 4. The van der Waals surface area contributed by atoms with Crippen LogP contribution in [0.2, 0.25) is 0 Å². The van der Waals surface area contributed by atoms with Crippen molar-refractivity contribution in [1.29, 1.82) is 0 Å². The molecule has 0 bridgehead atoms. The van der Waals surface area contributed by atoms with Gasteiger partial charge in [-0.15, -0.1) is 11.3 Å². The van der Waals surface area contributed by atoms with Crippen molar-refractivity contribution >= 4 is 28.1 Å². The van der Waals surface area contributed by atoms with Crippen LogP contribution in [0.5, 0.6) is 0 Å². The molecule has 152 valence electrons. The second kappa shape index (κ2) is 7.97. The molecule has 0 unspecified atom stereocenters. The molecule has 8 heteroatoms. The Morgan fingerprint density at radius 2 is 1.93 bits per heavy atom. The molecule has 0 N–H and O–H groups in total. The lowest BCUT2D eigenvalue weighted by molar-refractivity contribution is 0.0617. The molecule has 0 saturated carbocycles. The largest absolute Gasteiger partial charge is 0.338 e. The zero-order chi connectivity index (χ0) is 20.5. The molecule has 1 aliphatic heterocycles. The van der Waals surface area contributed by atoms with Gasteiger partial charge in [-0.25, -0.2) is 0 Å². The van der Waals surface area contributed by atoms with Crippen molar-refractivity contribution in [2.45, 2.75) is 13.5 Å². The van der Waals surface area contributed by atoms with E-state index in [9.17, 15) is 4.79 Å². The predicted molar refractivity (Wildman–Crippen MR) is 115 cm³/mol. The maximum Gasteiger partial charge on any atom is 0.254 e. The number of aryl methyl sites for hydroxylation is 1. The number of hydrogen-bond donors (Lipinski definition) is 0. The molecule has 0 radical (unpaired) electrons. The van der Waals surface area contributed by atoms with Gasteiger partial charge in [-0.05, 0) is 30.5 Å². The molecule has 0 atom stereocenters. The fraction of sp³-hybridized carbons (Fsp3) is 0.273. The number of nitrogens with zero attached hydrogens (tertiary/aromatic N) is 5. The number of thiophene rings is 1. The Labute approximate surface area is 178 Å². The van der Waals surface area contributed by atoms with Gasteiger partial charge in [0.2, 0.25) is 11.7 Å². The van der Waals surface area contributed by atoms with Crippen LogP contribution in [0.15, 0.2) is 52.4 Å². The molecule has 4 aromatic rings. The van der Waals surface area contributed by atoms with Crippen molar-refractivity contribution in [3.8, 4) is 10.7 Å². The van der Waals surface area contributed by atoms with E-state index in [4.69, 9.17) is 4.52 Å². The molecule has 1 aliphatic rings. The summed E-state index contributed by atoms with van der Waals surface area (Å²) in [5.41, 5.74) is 2.44. The van der Waals surface area contributed by atoms with E-state index < -0.39 is 0 Å². The van der Waals surface area contributed by atoms with Crippen LogP contribution in [0, 0.1) is 6.92 Å². The SMILES string of the molecule is Cc1cc(C(=O)N2CCN(Cc3nc(-c4cccs4)no3)CC2)c2ccccc2n1. The van der Waals surface area contributed by atoms with E-state index in [0.29, 0.717) is 31.3 Å². The second-order valence-corrected chi connectivity index (χ2v) is 8.33. The van der Waals surface area contributed by atoms with Crippen LogP contribution in [0.4, 0.5) is 0 Å². The van der Waals surface area contributed by atoms with E-state index in [2.05, 4.69) is 20.0 Å². The first-order chi connectivity index (χ1) is 14.7. The zero-order valence-corrected chi connectivity index (χ0v) is 17.4. The summed E-state index contributed by atoms with van der Waals surface area (Å²) in [6, 6.07) is 13.7. The highest BCUT2D eigenvalue weighted by atomic mass is 32.1. The van der Waals surface area contributed by atoms with Gasteiger partial charge < -0.3 is 9.42 Å². The summed E-state index contributed by atoms with van der Waals surface area (Å²) in [5, 5.41) is 6.97. The first-order valence-electron chi connectivity index (χ1n) is 9.92. The number of carbonyl (C=O) groups excluding carboxylic acids is 1. The predicted octanol–water partition coefficient (Wildman–Crippen LogP) is 3.61. The maximum atomic E-state index is 13.2. The average molecular weight is 420 g/mol. The van der Waals surface area contributed by atoms with E-state index in [0.717, 1.165) is 40.1 Å². The van der Waals surface area contributed by atoms with Gasteiger partial charge in [0.15, 0.2) is 0 Å². The number of carbonyl (C=O) groups is 1. The second-order valence-electron chi connectivity index (χ2n) is 7.39. The fourth-order valence-electron chi connectivity index (χ4n) is 3.78. The van der Waals surface area contributed by atoms with E-state index in [-0.39, 0.29) is 5.91 Å². The van der Waals surface area contributed by atoms with Crippen molar-refractivity contribution in [3.05, 3.63) is 65.0 Å². The Balaban J connectivity index is 1.25. The van der Waals surface area contributed by atoms with E-state index in [1.54, 1.807) is 11.3 Å². The van der Waals surface area contributed by atoms with Crippen LogP contribution < -0.4 is 0 Å². The van der Waals surface area contributed by atoms with Crippen LogP contribution in [-0.2, 0) is 6.54 Å². The Morgan fingerprint density at radius 3 is 2.73 bits per heavy atom. The average Bonchev–Trinajstić information content (AvgIpc) is 3.45. The molecule has 1 aromatic carbocycles. The normalized spacial score (nSPS) is 15.0. The number of benzene rings is 1. The standard InChI is InChI=1S/C22H21N5O2S/c1-15-13-17(16-5-2-3-6-18(16)23-15)22(28)27-10-8-26(9-11-27)14-20-24-21(25-29-20)19-7-4-12-30-19/h2-7,12-13H,8-11,14H2,1H3. The van der Waals surface area contributed by atoms with Crippen LogP contribution in [0.3, 0.4) is 0 Å². The topological polar surface area (TPSA) is 75.4 Å². The molecule has 0 aliphatic carbocycles. The van der Waals surface area contributed by atoms with Crippen LogP contribution in [0.1, 0.15) is 21.9 Å². The van der Waals surface area contributed by atoms with Gasteiger partial charge in [0.1, 0.15) is 0 Å². The van der Waals surface area contributed by atoms with Crippen molar-refractivity contribution in [2.75, 3.05) is 26.2 Å². The van der Waals surface area contributed by atoms with Crippen molar-refractivity contribution in [1.82, 2.24) is 24.9 Å². The maximum absolute atomic E-state index is 13.2. The summed E-state index contributed by atoms with van der Waals surface area (Å²) in [6.07, 6.45) is 0. The summed E-state index contributed by atoms with van der Waals surface area (Å²) in [4.78, 5) is 27.4. The van der Waals surface area contributed by atoms with Gasteiger partial charge in [0.25, 0.3) is 5.91 Å². The zero-order valence-electron chi connectivity index (χ0n) is 16.6. The van der Waals surface area contributed by atoms with Crippen molar-refractivity contribution < 1.29 is 9.32 Å². The number of piperazine rings is 1. The molecular formula is C22H21N5O2S. The van der Waals surface area contributed by atoms with E-state index in [1.807, 2.05) is 59.7 Å². The van der Waals surface area contributed by atoms with Gasteiger partial charge in [-0.2, -0.15) is 4.98 Å². The lowest BCUT2D eigenvalue weighted by atomic mass is 10.1. The van der Waals surface area contributed by atoms with Crippen molar-refractivity contribution in [2.24, 2.45) is 0 Å². The minimum Gasteiger partial charge on any atom is -0.338 e. The summed E-state index contributed by atoms with van der Waals surface area (Å²) >= 11 is 1.59. The number of para-hydroxylation sites is 1. The number of fused-ring (bicyclic) bond motifs is 1. The quantitative estimate of drug-likeness (QED) is 0.503. The monoisotopic (exact) mass is 419 g/mol. The van der Waals surface area contributed by atoms with Gasteiger partial charge in [0, 0.05) is 37.3 Å². The van der Waals surface area contributed by atoms with Crippen molar-refractivity contribution in [3.63, 3.8) is 0 Å². The minimum absolute atomic E-state index is 0.0640. The number of aromatic nitrogens is 3. The Hall–Kier alpha value is -3.10. The molecule has 0 spiro atoms. The minimum atomic E-state index is 0.0640. The molecule has 4 heterocycles. The lowest BCUT2D eigenvalue weighted by Gasteiger charge is -2.34. The third kappa shape index (κ3) is 3.71. The number of amides is 1. The van der Waals surface area contributed by atoms with Gasteiger partial charge in [0.05, 0.1) is 22.5 Å². The molecule has 5 rings (SSSR count). The van der Waals surface area contributed by atoms with Gasteiger partial charge >= 0.3 is 0 Å². The number of pyridine rings is 1. The molecule has 30 heavy (non-hydrogen) atoms. The van der Waals surface area contributed by atoms with E-state index >= 15 is 0 Å².